The lowest BCUT2D eigenvalue weighted by Crippen LogP contribution is -2.21. The number of nitrogens with one attached hydrogen (secondary N) is 2. The number of carbonyl (C=O) groups is 2. The van der Waals surface area contributed by atoms with E-state index in [-0.39, 0.29) is 16.9 Å². The van der Waals surface area contributed by atoms with E-state index in [0.717, 1.165) is 5.69 Å². The highest BCUT2D eigenvalue weighted by Gasteiger charge is 2.24. The topological polar surface area (TPSA) is 112 Å². The van der Waals surface area contributed by atoms with E-state index < -0.39 is 11.8 Å². The van der Waals surface area contributed by atoms with E-state index in [1.807, 2.05) is 13.8 Å². The first kappa shape index (κ1) is 20.9. The van der Waals surface area contributed by atoms with E-state index in [0.29, 0.717) is 23.7 Å². The van der Waals surface area contributed by atoms with Gasteiger partial charge in [-0.1, -0.05) is 6.07 Å². The van der Waals surface area contributed by atoms with Gasteiger partial charge < -0.3 is 20.1 Å². The summed E-state index contributed by atoms with van der Waals surface area (Å²) in [4.78, 5) is 26.0. The maximum absolute atomic E-state index is 13.0. The Morgan fingerprint density at radius 1 is 1.00 bits per heavy atom. The van der Waals surface area contributed by atoms with Crippen molar-refractivity contribution in [3.63, 3.8) is 0 Å². The molecule has 158 valence electrons. The van der Waals surface area contributed by atoms with Gasteiger partial charge in [0.15, 0.2) is 0 Å². The highest BCUT2D eigenvalue weighted by Crippen LogP contribution is 2.29. The third-order valence-electron chi connectivity index (χ3n) is 4.74. The molecule has 0 radical (unpaired) electrons. The van der Waals surface area contributed by atoms with E-state index in [1.54, 1.807) is 36.1 Å². The standard InChI is InChI=1S/C20H24N6O4/c1-6-26-18(20(28)23-13-10-21-25(3)12(13)2)14(11-22-26)24-19(27)17-15(29-4)8-7-9-16(17)30-5/h7-11H,6H2,1-5H3,(H,23,28)(H,24,27). The van der Waals surface area contributed by atoms with E-state index in [2.05, 4.69) is 20.8 Å². The number of carbonyl (C=O) groups excluding carboxylic acids is 2. The van der Waals surface area contributed by atoms with Crippen LogP contribution < -0.4 is 20.1 Å². The molecule has 0 bridgehead atoms. The van der Waals surface area contributed by atoms with Gasteiger partial charge in [0.1, 0.15) is 22.8 Å². The molecule has 3 rings (SSSR count). The van der Waals surface area contributed by atoms with E-state index in [4.69, 9.17) is 9.47 Å². The molecule has 0 spiro atoms. The molecule has 10 heteroatoms. The SMILES string of the molecule is CCn1ncc(NC(=O)c2c(OC)cccc2OC)c1C(=O)Nc1cnn(C)c1C. The first-order valence-electron chi connectivity index (χ1n) is 9.29. The Morgan fingerprint density at radius 2 is 1.60 bits per heavy atom. The van der Waals surface area contributed by atoms with Crippen LogP contribution >= 0.6 is 0 Å². The van der Waals surface area contributed by atoms with Gasteiger partial charge in [0.25, 0.3) is 11.8 Å². The van der Waals surface area contributed by atoms with Crippen LogP contribution in [0.4, 0.5) is 11.4 Å². The van der Waals surface area contributed by atoms with Crippen molar-refractivity contribution >= 4 is 23.2 Å². The van der Waals surface area contributed by atoms with Crippen molar-refractivity contribution < 1.29 is 19.1 Å². The summed E-state index contributed by atoms with van der Waals surface area (Å²) >= 11 is 0. The number of anilines is 2. The summed E-state index contributed by atoms with van der Waals surface area (Å²) in [5, 5.41) is 13.9. The molecule has 0 saturated heterocycles. The molecule has 3 aromatic rings. The quantitative estimate of drug-likeness (QED) is 0.617. The number of amides is 2. The molecule has 2 heterocycles. The molecular weight excluding hydrogens is 388 g/mol. The second-order valence-corrected chi connectivity index (χ2v) is 6.44. The number of nitrogens with zero attached hydrogens (tertiary/aromatic N) is 4. The Morgan fingerprint density at radius 3 is 2.13 bits per heavy atom. The van der Waals surface area contributed by atoms with Crippen LogP contribution in [0.3, 0.4) is 0 Å². The van der Waals surface area contributed by atoms with Gasteiger partial charge in [-0.2, -0.15) is 10.2 Å². The molecule has 0 saturated carbocycles. The number of ether oxygens (including phenoxy) is 2. The Kier molecular flexibility index (Phi) is 6.05. The smallest absolute Gasteiger partial charge is 0.276 e. The highest BCUT2D eigenvalue weighted by atomic mass is 16.5. The van der Waals surface area contributed by atoms with Crippen molar-refractivity contribution in [3.05, 3.63) is 47.5 Å². The van der Waals surface area contributed by atoms with Crippen LogP contribution in [0.1, 0.15) is 33.5 Å². The number of hydrogen-bond donors (Lipinski definition) is 2. The van der Waals surface area contributed by atoms with Crippen LogP contribution in [-0.4, -0.2) is 45.6 Å². The van der Waals surface area contributed by atoms with Gasteiger partial charge in [-0.15, -0.1) is 0 Å². The average molecular weight is 412 g/mol. The van der Waals surface area contributed by atoms with E-state index in [9.17, 15) is 9.59 Å². The first-order valence-corrected chi connectivity index (χ1v) is 9.29. The van der Waals surface area contributed by atoms with Crippen molar-refractivity contribution in [2.45, 2.75) is 20.4 Å². The molecule has 10 nitrogen and oxygen atoms in total. The summed E-state index contributed by atoms with van der Waals surface area (Å²) in [7, 11) is 4.72. The van der Waals surface area contributed by atoms with Crippen LogP contribution in [0.15, 0.2) is 30.6 Å². The summed E-state index contributed by atoms with van der Waals surface area (Å²) in [5.74, 6) is -0.183. The minimum absolute atomic E-state index is 0.223. The second-order valence-electron chi connectivity index (χ2n) is 6.44. The normalized spacial score (nSPS) is 10.6. The Bertz CT molecular complexity index is 1060. The van der Waals surface area contributed by atoms with Crippen LogP contribution in [-0.2, 0) is 13.6 Å². The minimum atomic E-state index is -0.480. The molecular formula is C20H24N6O4. The molecule has 30 heavy (non-hydrogen) atoms. The zero-order chi connectivity index (χ0) is 21.8. The Balaban J connectivity index is 1.93. The minimum Gasteiger partial charge on any atom is -0.496 e. The Hall–Kier alpha value is -3.82. The summed E-state index contributed by atoms with van der Waals surface area (Å²) in [5.41, 5.74) is 2.10. The number of aryl methyl sites for hydroxylation is 2. The Labute approximate surface area is 173 Å². The number of methoxy groups -OCH3 is 2. The lowest BCUT2D eigenvalue weighted by Gasteiger charge is -2.13. The average Bonchev–Trinajstić information content (AvgIpc) is 3.30. The third kappa shape index (κ3) is 3.84. The molecule has 0 aliphatic heterocycles. The van der Waals surface area contributed by atoms with E-state index in [1.165, 1.54) is 25.1 Å². The first-order chi connectivity index (χ1) is 14.4. The second kappa shape index (κ2) is 8.68. The van der Waals surface area contributed by atoms with Crippen molar-refractivity contribution in [1.29, 1.82) is 0 Å². The molecule has 1 aromatic carbocycles. The number of benzene rings is 1. The maximum atomic E-state index is 13.0. The predicted molar refractivity (Wildman–Crippen MR) is 111 cm³/mol. The molecule has 0 aliphatic carbocycles. The van der Waals surface area contributed by atoms with Crippen molar-refractivity contribution in [3.8, 4) is 11.5 Å². The molecule has 2 amide bonds. The lowest BCUT2D eigenvalue weighted by molar-refractivity contribution is 0.101. The number of aromatic nitrogens is 4. The van der Waals surface area contributed by atoms with Gasteiger partial charge in [-0.05, 0) is 26.0 Å². The van der Waals surface area contributed by atoms with Gasteiger partial charge in [-0.25, -0.2) is 0 Å². The predicted octanol–water partition coefficient (Wildman–Crippen LogP) is 2.47. The van der Waals surface area contributed by atoms with Crippen LogP contribution in [0.25, 0.3) is 0 Å². The number of rotatable bonds is 7. The fraction of sp³-hybridized carbons (Fsp3) is 0.300. The zero-order valence-electron chi connectivity index (χ0n) is 17.5. The third-order valence-corrected chi connectivity index (χ3v) is 4.74. The summed E-state index contributed by atoms with van der Waals surface area (Å²) in [6.45, 7) is 4.15. The van der Waals surface area contributed by atoms with E-state index >= 15 is 0 Å². The van der Waals surface area contributed by atoms with Crippen LogP contribution in [0.2, 0.25) is 0 Å². The molecule has 2 N–H and O–H groups in total. The van der Waals surface area contributed by atoms with Crippen molar-refractivity contribution in [1.82, 2.24) is 19.6 Å². The fourth-order valence-electron chi connectivity index (χ4n) is 3.02. The van der Waals surface area contributed by atoms with Gasteiger partial charge >= 0.3 is 0 Å². The fourth-order valence-corrected chi connectivity index (χ4v) is 3.02. The van der Waals surface area contributed by atoms with Gasteiger partial charge in [0.2, 0.25) is 0 Å². The van der Waals surface area contributed by atoms with Gasteiger partial charge in [0.05, 0.1) is 43.7 Å². The molecule has 0 fully saturated rings. The van der Waals surface area contributed by atoms with Crippen LogP contribution in [0.5, 0.6) is 11.5 Å². The summed E-state index contributed by atoms with van der Waals surface area (Å²) in [6.07, 6.45) is 3.01. The molecule has 0 unspecified atom stereocenters. The van der Waals surface area contributed by atoms with Crippen molar-refractivity contribution in [2.24, 2.45) is 7.05 Å². The summed E-state index contributed by atoms with van der Waals surface area (Å²) < 4.78 is 13.8. The van der Waals surface area contributed by atoms with Gasteiger partial charge in [-0.3, -0.25) is 19.0 Å². The van der Waals surface area contributed by atoms with Gasteiger partial charge in [0, 0.05) is 13.6 Å². The largest absolute Gasteiger partial charge is 0.496 e. The highest BCUT2D eigenvalue weighted by molar-refractivity contribution is 6.13. The molecule has 0 aliphatic rings. The molecule has 2 aromatic heterocycles. The monoisotopic (exact) mass is 412 g/mol. The maximum Gasteiger partial charge on any atom is 0.276 e. The van der Waals surface area contributed by atoms with Crippen molar-refractivity contribution in [2.75, 3.05) is 24.9 Å². The zero-order valence-corrected chi connectivity index (χ0v) is 17.5. The van der Waals surface area contributed by atoms with Crippen LogP contribution in [0, 0.1) is 6.92 Å². The summed E-state index contributed by atoms with van der Waals surface area (Å²) in [6, 6.07) is 5.04. The number of hydrogen-bond acceptors (Lipinski definition) is 6. The lowest BCUT2D eigenvalue weighted by atomic mass is 10.1. The molecule has 0 atom stereocenters.